The lowest BCUT2D eigenvalue weighted by atomic mass is 9.79. The summed E-state index contributed by atoms with van der Waals surface area (Å²) < 4.78 is 11.7. The number of hydrogen-bond acceptors (Lipinski definition) is 3. The van der Waals surface area contributed by atoms with Crippen molar-refractivity contribution < 1.29 is 9.47 Å². The van der Waals surface area contributed by atoms with Crippen LogP contribution in [0.3, 0.4) is 0 Å². The SMILES string of the molecule is CCC(CC)(OC)C(CC1CCOc2ccccc21)NC. The van der Waals surface area contributed by atoms with Crippen molar-refractivity contribution in [3.63, 3.8) is 0 Å². The third-order valence-corrected chi connectivity index (χ3v) is 5.19. The van der Waals surface area contributed by atoms with E-state index in [0.717, 1.165) is 38.0 Å². The van der Waals surface area contributed by atoms with Crippen LogP contribution in [0.5, 0.6) is 5.75 Å². The number of fused-ring (bicyclic) bond motifs is 1. The summed E-state index contributed by atoms with van der Waals surface area (Å²) in [7, 11) is 3.89. The second-order valence-electron chi connectivity index (χ2n) is 5.92. The molecule has 0 saturated carbocycles. The van der Waals surface area contributed by atoms with Gasteiger partial charge >= 0.3 is 0 Å². The van der Waals surface area contributed by atoms with Crippen molar-refractivity contribution in [2.24, 2.45) is 0 Å². The van der Waals surface area contributed by atoms with Gasteiger partial charge in [0.05, 0.1) is 12.2 Å². The Balaban J connectivity index is 2.20. The molecule has 21 heavy (non-hydrogen) atoms. The first-order valence-corrected chi connectivity index (χ1v) is 8.14. The van der Waals surface area contributed by atoms with E-state index in [4.69, 9.17) is 9.47 Å². The molecule has 1 aromatic carbocycles. The molecule has 3 nitrogen and oxygen atoms in total. The van der Waals surface area contributed by atoms with E-state index < -0.39 is 0 Å². The largest absolute Gasteiger partial charge is 0.493 e. The van der Waals surface area contributed by atoms with Crippen LogP contribution in [0.15, 0.2) is 24.3 Å². The Bertz CT molecular complexity index is 434. The lowest BCUT2D eigenvalue weighted by Crippen LogP contribution is -2.51. The van der Waals surface area contributed by atoms with Crippen LogP contribution in [0.25, 0.3) is 0 Å². The van der Waals surface area contributed by atoms with Crippen molar-refractivity contribution in [3.8, 4) is 5.75 Å². The Morgan fingerprint density at radius 3 is 2.67 bits per heavy atom. The maximum absolute atomic E-state index is 5.93. The van der Waals surface area contributed by atoms with E-state index in [1.807, 2.05) is 13.2 Å². The second-order valence-corrected chi connectivity index (χ2v) is 5.92. The van der Waals surface area contributed by atoms with E-state index in [1.165, 1.54) is 5.56 Å². The Morgan fingerprint density at radius 2 is 2.05 bits per heavy atom. The van der Waals surface area contributed by atoms with Gasteiger partial charge in [0.2, 0.25) is 0 Å². The summed E-state index contributed by atoms with van der Waals surface area (Å²) in [5, 5.41) is 3.51. The third kappa shape index (κ3) is 3.24. The summed E-state index contributed by atoms with van der Waals surface area (Å²) in [5.74, 6) is 1.60. The van der Waals surface area contributed by atoms with Gasteiger partial charge in [-0.1, -0.05) is 32.0 Å². The van der Waals surface area contributed by atoms with E-state index in [9.17, 15) is 0 Å². The number of likely N-dealkylation sites (N-methyl/N-ethyl adjacent to an activating group) is 1. The predicted octanol–water partition coefficient (Wildman–Crippen LogP) is 3.74. The average Bonchev–Trinajstić information content (AvgIpc) is 2.56. The normalized spacial score (nSPS) is 19.7. The molecule has 2 rings (SSSR count). The van der Waals surface area contributed by atoms with Crippen molar-refractivity contribution >= 4 is 0 Å². The number of para-hydroxylation sites is 1. The summed E-state index contributed by atoms with van der Waals surface area (Å²) >= 11 is 0. The van der Waals surface area contributed by atoms with Gasteiger partial charge in [-0.05, 0) is 50.3 Å². The van der Waals surface area contributed by atoms with Crippen LogP contribution >= 0.6 is 0 Å². The van der Waals surface area contributed by atoms with Crippen LogP contribution in [0.2, 0.25) is 0 Å². The summed E-state index contributed by atoms with van der Waals surface area (Å²) in [6.45, 7) is 5.25. The van der Waals surface area contributed by atoms with Crippen LogP contribution in [0.1, 0.15) is 51.0 Å². The fourth-order valence-electron chi connectivity index (χ4n) is 3.71. The molecule has 0 spiro atoms. The van der Waals surface area contributed by atoms with Crippen molar-refractivity contribution in [1.82, 2.24) is 5.32 Å². The Labute approximate surface area is 129 Å². The van der Waals surface area contributed by atoms with Crippen LogP contribution in [0.4, 0.5) is 0 Å². The topological polar surface area (TPSA) is 30.5 Å². The van der Waals surface area contributed by atoms with Gasteiger partial charge in [-0.2, -0.15) is 0 Å². The summed E-state index contributed by atoms with van der Waals surface area (Å²) in [4.78, 5) is 0. The Hall–Kier alpha value is -1.06. The fraction of sp³-hybridized carbons (Fsp3) is 0.667. The number of benzene rings is 1. The molecule has 0 fully saturated rings. The number of ether oxygens (including phenoxy) is 2. The molecule has 1 aromatic rings. The number of methoxy groups -OCH3 is 1. The quantitative estimate of drug-likeness (QED) is 0.830. The molecule has 0 saturated heterocycles. The minimum atomic E-state index is -0.0814. The highest BCUT2D eigenvalue weighted by Crippen LogP contribution is 2.39. The molecule has 0 aliphatic carbocycles. The second kappa shape index (κ2) is 7.28. The summed E-state index contributed by atoms with van der Waals surface area (Å²) in [6, 6.07) is 8.80. The van der Waals surface area contributed by atoms with E-state index >= 15 is 0 Å². The van der Waals surface area contributed by atoms with Crippen molar-refractivity contribution in [1.29, 1.82) is 0 Å². The van der Waals surface area contributed by atoms with Gasteiger partial charge in [0.15, 0.2) is 0 Å². The van der Waals surface area contributed by atoms with Crippen LogP contribution < -0.4 is 10.1 Å². The van der Waals surface area contributed by atoms with E-state index in [0.29, 0.717) is 12.0 Å². The lowest BCUT2D eigenvalue weighted by molar-refractivity contribution is -0.0498. The van der Waals surface area contributed by atoms with Crippen molar-refractivity contribution in [3.05, 3.63) is 29.8 Å². The monoisotopic (exact) mass is 291 g/mol. The van der Waals surface area contributed by atoms with Crippen molar-refractivity contribution in [2.45, 2.75) is 57.1 Å². The minimum Gasteiger partial charge on any atom is -0.493 e. The highest BCUT2D eigenvalue weighted by molar-refractivity contribution is 5.37. The number of nitrogens with one attached hydrogen (secondary N) is 1. The van der Waals surface area contributed by atoms with Crippen molar-refractivity contribution in [2.75, 3.05) is 20.8 Å². The molecule has 0 aromatic heterocycles. The first kappa shape index (κ1) is 16.3. The predicted molar refractivity (Wildman–Crippen MR) is 87.1 cm³/mol. The third-order valence-electron chi connectivity index (χ3n) is 5.19. The molecule has 1 aliphatic rings. The number of rotatable bonds is 7. The van der Waals surface area contributed by atoms with Crippen LogP contribution in [0, 0.1) is 0 Å². The zero-order valence-electron chi connectivity index (χ0n) is 13.8. The first-order chi connectivity index (χ1) is 10.2. The average molecular weight is 291 g/mol. The molecule has 1 N–H and O–H groups in total. The molecule has 118 valence electrons. The minimum absolute atomic E-state index is 0.0814. The van der Waals surface area contributed by atoms with Gasteiger partial charge in [0, 0.05) is 13.2 Å². The molecule has 2 unspecified atom stereocenters. The molecule has 1 heterocycles. The van der Waals surface area contributed by atoms with Crippen LogP contribution in [-0.2, 0) is 4.74 Å². The molecule has 3 heteroatoms. The first-order valence-electron chi connectivity index (χ1n) is 8.14. The highest BCUT2D eigenvalue weighted by atomic mass is 16.5. The van der Waals surface area contributed by atoms with Crippen LogP contribution in [-0.4, -0.2) is 32.4 Å². The smallest absolute Gasteiger partial charge is 0.122 e. The van der Waals surface area contributed by atoms with Gasteiger partial charge in [0.1, 0.15) is 5.75 Å². The van der Waals surface area contributed by atoms with Gasteiger partial charge in [-0.15, -0.1) is 0 Å². The number of hydrogen-bond donors (Lipinski definition) is 1. The highest BCUT2D eigenvalue weighted by Gasteiger charge is 2.37. The Kier molecular flexibility index (Phi) is 5.65. The maximum Gasteiger partial charge on any atom is 0.122 e. The zero-order valence-corrected chi connectivity index (χ0v) is 13.8. The Morgan fingerprint density at radius 1 is 1.33 bits per heavy atom. The van der Waals surface area contributed by atoms with E-state index in [2.05, 4.69) is 44.4 Å². The standard InChI is InChI=1S/C18H29NO2/c1-5-18(6-2,20-4)17(19-3)13-14-11-12-21-16-10-8-7-9-15(14)16/h7-10,14,17,19H,5-6,11-13H2,1-4H3. The van der Waals surface area contributed by atoms with E-state index in [1.54, 1.807) is 0 Å². The molecular weight excluding hydrogens is 262 g/mol. The van der Waals surface area contributed by atoms with E-state index in [-0.39, 0.29) is 5.60 Å². The molecule has 0 radical (unpaired) electrons. The zero-order chi connectivity index (χ0) is 15.3. The summed E-state index contributed by atoms with van der Waals surface area (Å²) in [6.07, 6.45) is 4.22. The van der Waals surface area contributed by atoms with Gasteiger partial charge < -0.3 is 14.8 Å². The molecule has 2 atom stereocenters. The van der Waals surface area contributed by atoms with Gasteiger partial charge in [-0.25, -0.2) is 0 Å². The van der Waals surface area contributed by atoms with Gasteiger partial charge in [0.25, 0.3) is 0 Å². The maximum atomic E-state index is 5.93. The molecule has 0 amide bonds. The lowest BCUT2D eigenvalue weighted by Gasteiger charge is -2.41. The molecular formula is C18H29NO2. The fourth-order valence-corrected chi connectivity index (χ4v) is 3.71. The molecule has 1 aliphatic heterocycles. The van der Waals surface area contributed by atoms with Gasteiger partial charge in [-0.3, -0.25) is 0 Å². The molecule has 0 bridgehead atoms. The summed E-state index contributed by atoms with van der Waals surface area (Å²) in [5.41, 5.74) is 1.27.